The predicted octanol–water partition coefficient (Wildman–Crippen LogP) is 2.37. The lowest BCUT2D eigenvalue weighted by atomic mass is 10.2. The smallest absolute Gasteiger partial charge is 0.326 e. The van der Waals surface area contributed by atoms with Gasteiger partial charge in [-0.2, -0.15) is 13.2 Å². The van der Waals surface area contributed by atoms with E-state index in [-0.39, 0.29) is 16.5 Å². The minimum Gasteiger partial charge on any atom is -0.326 e. The van der Waals surface area contributed by atoms with Gasteiger partial charge in [0.1, 0.15) is 4.90 Å². The summed E-state index contributed by atoms with van der Waals surface area (Å²) in [5.74, 6) is 0. The fourth-order valence-corrected chi connectivity index (χ4v) is 3.14. The van der Waals surface area contributed by atoms with E-state index < -0.39 is 29.2 Å². The first-order valence-electron chi connectivity index (χ1n) is 5.59. The van der Waals surface area contributed by atoms with Crippen LogP contribution in [-0.2, 0) is 16.6 Å². The van der Waals surface area contributed by atoms with Crippen molar-refractivity contribution < 1.29 is 21.6 Å². The maximum Gasteiger partial charge on any atom is 0.390 e. The van der Waals surface area contributed by atoms with Crippen LogP contribution in [0.2, 0.25) is 5.02 Å². The van der Waals surface area contributed by atoms with Gasteiger partial charge in [0.2, 0.25) is 10.0 Å². The number of nitrogens with zero attached hydrogens (tertiary/aromatic N) is 1. The zero-order valence-electron chi connectivity index (χ0n) is 10.6. The molecular formula is C11H14ClF3N2O2S. The Hall–Kier alpha value is -0.830. The molecule has 0 unspecified atom stereocenters. The van der Waals surface area contributed by atoms with Crippen LogP contribution in [0.5, 0.6) is 0 Å². The van der Waals surface area contributed by atoms with Crippen LogP contribution < -0.4 is 5.73 Å². The second-order valence-corrected chi connectivity index (χ2v) is 6.58. The lowest BCUT2D eigenvalue weighted by Gasteiger charge is -2.19. The van der Waals surface area contributed by atoms with Gasteiger partial charge in [0.05, 0.1) is 11.4 Å². The molecular weight excluding hydrogens is 317 g/mol. The molecule has 0 bridgehead atoms. The van der Waals surface area contributed by atoms with Crippen LogP contribution in [0, 0.1) is 0 Å². The highest BCUT2D eigenvalue weighted by atomic mass is 35.5. The second kappa shape index (κ2) is 6.30. The molecule has 0 amide bonds. The van der Waals surface area contributed by atoms with E-state index in [4.69, 9.17) is 17.3 Å². The first-order chi connectivity index (χ1) is 9.08. The van der Waals surface area contributed by atoms with Crippen molar-refractivity contribution in [3.8, 4) is 0 Å². The molecule has 1 aromatic rings. The Balaban J connectivity index is 3.04. The molecule has 0 aromatic heterocycles. The Morgan fingerprint density at radius 1 is 1.35 bits per heavy atom. The topological polar surface area (TPSA) is 63.4 Å². The van der Waals surface area contributed by atoms with Gasteiger partial charge in [-0.15, -0.1) is 0 Å². The number of halogens is 4. The van der Waals surface area contributed by atoms with Crippen LogP contribution in [0.15, 0.2) is 23.1 Å². The van der Waals surface area contributed by atoms with Gasteiger partial charge < -0.3 is 5.73 Å². The van der Waals surface area contributed by atoms with Gasteiger partial charge in [-0.25, -0.2) is 12.7 Å². The molecule has 0 fully saturated rings. The molecule has 9 heteroatoms. The van der Waals surface area contributed by atoms with Gasteiger partial charge in [-0.05, 0) is 17.7 Å². The normalized spacial score (nSPS) is 12.9. The maximum absolute atomic E-state index is 12.2. The minimum absolute atomic E-state index is 0.0546. The van der Waals surface area contributed by atoms with Crippen molar-refractivity contribution in [3.05, 3.63) is 28.8 Å². The van der Waals surface area contributed by atoms with E-state index in [0.717, 1.165) is 7.05 Å². The monoisotopic (exact) mass is 330 g/mol. The second-order valence-electron chi connectivity index (χ2n) is 4.16. The van der Waals surface area contributed by atoms with E-state index in [1.165, 1.54) is 12.1 Å². The van der Waals surface area contributed by atoms with Crippen LogP contribution in [0.3, 0.4) is 0 Å². The number of alkyl halides is 3. The molecule has 0 aliphatic rings. The lowest BCUT2D eigenvalue weighted by molar-refractivity contribution is -0.135. The van der Waals surface area contributed by atoms with Crippen LogP contribution in [0.25, 0.3) is 0 Å². The molecule has 0 saturated heterocycles. The van der Waals surface area contributed by atoms with Crippen molar-refractivity contribution in [1.29, 1.82) is 0 Å². The number of sulfonamides is 1. The predicted molar refractivity (Wildman–Crippen MR) is 69.8 cm³/mol. The van der Waals surface area contributed by atoms with Gasteiger partial charge >= 0.3 is 6.18 Å². The third kappa shape index (κ3) is 4.34. The molecule has 0 heterocycles. The quantitative estimate of drug-likeness (QED) is 0.901. The van der Waals surface area contributed by atoms with Crippen molar-refractivity contribution in [2.24, 2.45) is 5.73 Å². The number of rotatable bonds is 5. The lowest BCUT2D eigenvalue weighted by Crippen LogP contribution is -2.31. The Kier molecular flexibility index (Phi) is 5.42. The molecule has 1 aromatic carbocycles. The molecule has 0 atom stereocenters. The van der Waals surface area contributed by atoms with E-state index in [1.807, 2.05) is 0 Å². The number of nitrogens with two attached hydrogens (primary N) is 1. The summed E-state index contributed by atoms with van der Waals surface area (Å²) in [6.45, 7) is -0.568. The molecule has 0 aliphatic carbocycles. The zero-order valence-corrected chi connectivity index (χ0v) is 12.2. The van der Waals surface area contributed by atoms with Gasteiger partial charge in [-0.3, -0.25) is 0 Å². The Morgan fingerprint density at radius 2 is 1.95 bits per heavy atom. The largest absolute Gasteiger partial charge is 0.390 e. The van der Waals surface area contributed by atoms with E-state index in [1.54, 1.807) is 6.07 Å². The third-order valence-corrected chi connectivity index (χ3v) is 4.97. The number of benzene rings is 1. The maximum atomic E-state index is 12.2. The van der Waals surface area contributed by atoms with Crippen LogP contribution in [-0.4, -0.2) is 32.5 Å². The molecule has 114 valence electrons. The molecule has 0 saturated carbocycles. The SMILES string of the molecule is CN(CCC(F)(F)F)S(=O)(=O)c1cc(CN)ccc1Cl. The van der Waals surface area contributed by atoms with Gasteiger partial charge in [0, 0.05) is 20.1 Å². The molecule has 4 nitrogen and oxygen atoms in total. The van der Waals surface area contributed by atoms with Crippen LogP contribution >= 0.6 is 11.6 Å². The standard InChI is InChI=1S/C11H14ClF3N2O2S/c1-17(5-4-11(13,14)15)20(18,19)10-6-8(7-16)2-3-9(10)12/h2-3,6H,4-5,7,16H2,1H3. The summed E-state index contributed by atoms with van der Waals surface area (Å²) in [5, 5.41) is -0.0546. The summed E-state index contributed by atoms with van der Waals surface area (Å²) in [5.41, 5.74) is 5.93. The van der Waals surface area contributed by atoms with E-state index in [9.17, 15) is 21.6 Å². The van der Waals surface area contributed by atoms with Crippen molar-refractivity contribution in [1.82, 2.24) is 4.31 Å². The molecule has 1 rings (SSSR count). The average molecular weight is 331 g/mol. The van der Waals surface area contributed by atoms with Crippen molar-refractivity contribution in [2.75, 3.05) is 13.6 Å². The summed E-state index contributed by atoms with van der Waals surface area (Å²) in [6, 6.07) is 4.17. The van der Waals surface area contributed by atoms with E-state index in [0.29, 0.717) is 9.87 Å². The van der Waals surface area contributed by atoms with Gasteiger partial charge in [0.15, 0.2) is 0 Å². The summed E-state index contributed by atoms with van der Waals surface area (Å²) < 4.78 is 61.4. The number of hydrogen-bond donors (Lipinski definition) is 1. The van der Waals surface area contributed by atoms with Crippen molar-refractivity contribution in [3.63, 3.8) is 0 Å². The van der Waals surface area contributed by atoms with Crippen LogP contribution in [0.1, 0.15) is 12.0 Å². The van der Waals surface area contributed by atoms with Crippen molar-refractivity contribution in [2.45, 2.75) is 24.0 Å². The van der Waals surface area contributed by atoms with Crippen LogP contribution in [0.4, 0.5) is 13.2 Å². The highest BCUT2D eigenvalue weighted by Crippen LogP contribution is 2.27. The summed E-state index contributed by atoms with van der Waals surface area (Å²) in [4.78, 5) is -0.244. The molecule has 20 heavy (non-hydrogen) atoms. The summed E-state index contributed by atoms with van der Waals surface area (Å²) >= 11 is 5.80. The van der Waals surface area contributed by atoms with Gasteiger partial charge in [0.25, 0.3) is 0 Å². The molecule has 2 N–H and O–H groups in total. The summed E-state index contributed by atoms with van der Waals surface area (Å²) in [6.07, 6.45) is -5.65. The summed E-state index contributed by atoms with van der Waals surface area (Å²) in [7, 11) is -3.00. The fourth-order valence-electron chi connectivity index (χ4n) is 1.44. The first kappa shape index (κ1) is 17.2. The Morgan fingerprint density at radius 3 is 2.45 bits per heavy atom. The Bertz CT molecular complexity index is 576. The fraction of sp³-hybridized carbons (Fsp3) is 0.455. The molecule has 0 radical (unpaired) electrons. The van der Waals surface area contributed by atoms with Gasteiger partial charge in [-0.1, -0.05) is 17.7 Å². The zero-order chi connectivity index (χ0) is 15.6. The van der Waals surface area contributed by atoms with E-state index >= 15 is 0 Å². The molecule has 0 aliphatic heterocycles. The van der Waals surface area contributed by atoms with Crippen molar-refractivity contribution >= 4 is 21.6 Å². The first-order valence-corrected chi connectivity index (χ1v) is 7.41. The number of hydrogen-bond acceptors (Lipinski definition) is 3. The molecule has 0 spiro atoms. The third-order valence-electron chi connectivity index (χ3n) is 2.63. The Labute approximate surface area is 120 Å². The average Bonchev–Trinajstić information content (AvgIpc) is 2.35. The minimum atomic E-state index is -4.42. The highest BCUT2D eigenvalue weighted by molar-refractivity contribution is 7.89. The highest BCUT2D eigenvalue weighted by Gasteiger charge is 2.31. The van der Waals surface area contributed by atoms with E-state index in [2.05, 4.69) is 0 Å².